The quantitative estimate of drug-likeness (QED) is 0.603. The van der Waals surface area contributed by atoms with E-state index in [9.17, 15) is 0 Å². The van der Waals surface area contributed by atoms with Crippen LogP contribution in [-0.4, -0.2) is 4.57 Å². The van der Waals surface area contributed by atoms with Crippen LogP contribution in [0.1, 0.15) is 11.1 Å². The van der Waals surface area contributed by atoms with Crippen LogP contribution in [0.3, 0.4) is 0 Å². The van der Waals surface area contributed by atoms with E-state index in [0.29, 0.717) is 5.56 Å². The van der Waals surface area contributed by atoms with E-state index in [4.69, 9.17) is 5.26 Å². The molecule has 0 radical (unpaired) electrons. The number of nitriles is 1. The maximum absolute atomic E-state index is 8.90. The zero-order valence-corrected chi connectivity index (χ0v) is 13.5. The third kappa shape index (κ3) is 3.17. The molecule has 1 aromatic heterocycles. The minimum Gasteiger partial charge on any atom is -0.342 e. The van der Waals surface area contributed by atoms with E-state index in [0.717, 1.165) is 12.1 Å². The molecule has 0 N–H and O–H groups in total. The van der Waals surface area contributed by atoms with Crippen LogP contribution >= 0.6 is 22.6 Å². The van der Waals surface area contributed by atoms with Crippen molar-refractivity contribution in [3.05, 3.63) is 81.6 Å². The molecule has 2 aromatic carbocycles. The van der Waals surface area contributed by atoms with Gasteiger partial charge in [0.15, 0.2) is 0 Å². The van der Waals surface area contributed by atoms with Gasteiger partial charge in [0.1, 0.15) is 0 Å². The second kappa shape index (κ2) is 6.15. The lowest BCUT2D eigenvalue weighted by atomic mass is 10.1. The van der Waals surface area contributed by atoms with E-state index in [1.807, 2.05) is 30.3 Å². The monoisotopic (exact) mass is 384 g/mol. The minimum atomic E-state index is 0.689. The average Bonchev–Trinajstić information content (AvgIpc) is 2.89. The third-order valence-electron chi connectivity index (χ3n) is 3.37. The van der Waals surface area contributed by atoms with E-state index in [2.05, 4.69) is 69.8 Å². The molecule has 0 aliphatic heterocycles. The zero-order chi connectivity index (χ0) is 14.7. The average molecular weight is 384 g/mol. The van der Waals surface area contributed by atoms with Crippen LogP contribution in [0, 0.1) is 14.9 Å². The molecular formula is C18H13IN2. The lowest BCUT2D eigenvalue weighted by Gasteiger charge is -2.09. The Morgan fingerprint density at radius 1 is 1.00 bits per heavy atom. The van der Waals surface area contributed by atoms with Crippen molar-refractivity contribution in [2.75, 3.05) is 0 Å². The highest BCUT2D eigenvalue weighted by Gasteiger charge is 2.07. The Bertz CT molecular complexity index is 780. The fourth-order valence-corrected chi connectivity index (χ4v) is 2.98. The molecule has 3 heteroatoms. The molecule has 1 heterocycles. The van der Waals surface area contributed by atoms with E-state index in [-0.39, 0.29) is 0 Å². The highest BCUT2D eigenvalue weighted by atomic mass is 127. The molecule has 0 saturated heterocycles. The van der Waals surface area contributed by atoms with Gasteiger partial charge in [-0.3, -0.25) is 0 Å². The molecule has 3 rings (SSSR count). The summed E-state index contributed by atoms with van der Waals surface area (Å²) >= 11 is 2.34. The van der Waals surface area contributed by atoms with Gasteiger partial charge in [-0.1, -0.05) is 42.5 Å². The summed E-state index contributed by atoms with van der Waals surface area (Å²) in [4.78, 5) is 0. The van der Waals surface area contributed by atoms with Crippen molar-refractivity contribution in [3.8, 4) is 17.3 Å². The van der Waals surface area contributed by atoms with Crippen molar-refractivity contribution >= 4 is 22.6 Å². The van der Waals surface area contributed by atoms with Gasteiger partial charge in [-0.15, -0.1) is 0 Å². The van der Waals surface area contributed by atoms with Gasteiger partial charge in [0.25, 0.3) is 0 Å². The van der Waals surface area contributed by atoms with Crippen molar-refractivity contribution in [2.24, 2.45) is 0 Å². The topological polar surface area (TPSA) is 28.7 Å². The molecule has 0 aliphatic carbocycles. The van der Waals surface area contributed by atoms with Crippen LogP contribution in [0.25, 0.3) is 11.3 Å². The molecule has 102 valence electrons. The predicted molar refractivity (Wildman–Crippen MR) is 92.8 cm³/mol. The van der Waals surface area contributed by atoms with Crippen molar-refractivity contribution in [1.29, 1.82) is 5.26 Å². The van der Waals surface area contributed by atoms with Gasteiger partial charge in [0.2, 0.25) is 0 Å². The number of aromatic nitrogens is 1. The van der Waals surface area contributed by atoms with Crippen molar-refractivity contribution < 1.29 is 0 Å². The summed E-state index contributed by atoms with van der Waals surface area (Å²) < 4.78 is 3.46. The lowest BCUT2D eigenvalue weighted by Crippen LogP contribution is -2.00. The van der Waals surface area contributed by atoms with Gasteiger partial charge in [0, 0.05) is 22.0 Å². The van der Waals surface area contributed by atoms with Gasteiger partial charge < -0.3 is 4.57 Å². The van der Waals surface area contributed by atoms with Crippen LogP contribution in [0.4, 0.5) is 0 Å². The summed E-state index contributed by atoms with van der Waals surface area (Å²) in [7, 11) is 0. The lowest BCUT2D eigenvalue weighted by molar-refractivity contribution is 0.813. The first kappa shape index (κ1) is 13.9. The summed E-state index contributed by atoms with van der Waals surface area (Å²) in [5, 5.41) is 8.90. The van der Waals surface area contributed by atoms with E-state index < -0.39 is 0 Å². The molecule has 0 fully saturated rings. The largest absolute Gasteiger partial charge is 0.342 e. The Kier molecular flexibility index (Phi) is 4.07. The second-order valence-electron chi connectivity index (χ2n) is 4.85. The Hall–Kier alpha value is -2.06. The first-order chi connectivity index (χ1) is 10.3. The number of rotatable bonds is 3. The van der Waals surface area contributed by atoms with Crippen LogP contribution in [0.2, 0.25) is 0 Å². The Morgan fingerprint density at radius 2 is 1.71 bits per heavy atom. The maximum Gasteiger partial charge on any atom is 0.0991 e. The standard InChI is InChI=1S/C18H13IN2/c19-17-10-18(16-8-6-14(11-20)7-9-16)21(13-17)12-15-4-2-1-3-5-15/h1-10,13H,12H2. The molecule has 3 aromatic rings. The molecule has 0 spiro atoms. The number of halogens is 1. The number of nitrogens with zero attached hydrogens (tertiary/aromatic N) is 2. The summed E-state index contributed by atoms with van der Waals surface area (Å²) in [6.07, 6.45) is 2.15. The number of benzene rings is 2. The molecule has 0 unspecified atom stereocenters. The Balaban J connectivity index is 1.97. The summed E-state index contributed by atoms with van der Waals surface area (Å²) in [6.45, 7) is 0.846. The summed E-state index contributed by atoms with van der Waals surface area (Å²) in [5.74, 6) is 0. The first-order valence-electron chi connectivity index (χ1n) is 6.66. The van der Waals surface area contributed by atoms with Gasteiger partial charge in [-0.25, -0.2) is 0 Å². The Labute approximate surface area is 137 Å². The van der Waals surface area contributed by atoms with Crippen LogP contribution in [0.15, 0.2) is 66.9 Å². The minimum absolute atomic E-state index is 0.689. The number of hydrogen-bond acceptors (Lipinski definition) is 1. The SMILES string of the molecule is N#Cc1ccc(-c2cc(I)cn2Cc2ccccc2)cc1. The predicted octanol–water partition coefficient (Wildman–Crippen LogP) is 4.68. The van der Waals surface area contributed by atoms with Gasteiger partial charge in [0.05, 0.1) is 11.6 Å². The van der Waals surface area contributed by atoms with Gasteiger partial charge in [-0.05, 0) is 51.9 Å². The smallest absolute Gasteiger partial charge is 0.0991 e. The van der Waals surface area contributed by atoms with E-state index >= 15 is 0 Å². The summed E-state index contributed by atoms with van der Waals surface area (Å²) in [5.41, 5.74) is 4.27. The maximum atomic E-state index is 8.90. The summed E-state index contributed by atoms with van der Waals surface area (Å²) in [6, 6.07) is 22.5. The van der Waals surface area contributed by atoms with Crippen molar-refractivity contribution in [1.82, 2.24) is 4.57 Å². The first-order valence-corrected chi connectivity index (χ1v) is 7.74. The molecule has 0 saturated carbocycles. The molecule has 0 aliphatic rings. The van der Waals surface area contributed by atoms with Crippen molar-refractivity contribution in [2.45, 2.75) is 6.54 Å². The highest BCUT2D eigenvalue weighted by Crippen LogP contribution is 2.24. The highest BCUT2D eigenvalue weighted by molar-refractivity contribution is 14.1. The Morgan fingerprint density at radius 3 is 2.38 bits per heavy atom. The van der Waals surface area contributed by atoms with E-state index in [1.54, 1.807) is 0 Å². The molecule has 21 heavy (non-hydrogen) atoms. The number of hydrogen-bond donors (Lipinski definition) is 0. The molecular weight excluding hydrogens is 371 g/mol. The fraction of sp³-hybridized carbons (Fsp3) is 0.0556. The fourth-order valence-electron chi connectivity index (χ4n) is 2.34. The van der Waals surface area contributed by atoms with E-state index in [1.165, 1.54) is 14.8 Å². The molecule has 0 amide bonds. The van der Waals surface area contributed by atoms with Gasteiger partial charge >= 0.3 is 0 Å². The second-order valence-corrected chi connectivity index (χ2v) is 6.09. The molecule has 0 atom stereocenters. The normalized spacial score (nSPS) is 10.3. The van der Waals surface area contributed by atoms with Crippen LogP contribution < -0.4 is 0 Å². The van der Waals surface area contributed by atoms with Crippen LogP contribution in [-0.2, 0) is 6.54 Å². The third-order valence-corrected chi connectivity index (χ3v) is 3.96. The molecule has 0 bridgehead atoms. The van der Waals surface area contributed by atoms with Crippen LogP contribution in [0.5, 0.6) is 0 Å². The molecule has 2 nitrogen and oxygen atoms in total. The van der Waals surface area contributed by atoms with Crippen molar-refractivity contribution in [3.63, 3.8) is 0 Å². The zero-order valence-electron chi connectivity index (χ0n) is 11.3. The van der Waals surface area contributed by atoms with Gasteiger partial charge in [-0.2, -0.15) is 5.26 Å².